The van der Waals surface area contributed by atoms with Gasteiger partial charge in [-0.2, -0.15) is 0 Å². The van der Waals surface area contributed by atoms with Gasteiger partial charge in [-0.05, 0) is 18.1 Å². The molecule has 15 heavy (non-hydrogen) atoms. The largest absolute Gasteiger partial charge is 0.465 e. The monoisotopic (exact) mass is 230 g/mol. The topological polar surface area (TPSA) is 35.5 Å². The van der Waals surface area contributed by atoms with Gasteiger partial charge < -0.3 is 9.16 Å². The van der Waals surface area contributed by atoms with E-state index in [2.05, 4.69) is 33.9 Å². The van der Waals surface area contributed by atoms with Gasteiger partial charge in [0.1, 0.15) is 0 Å². The van der Waals surface area contributed by atoms with Crippen LogP contribution in [-0.2, 0) is 14.0 Å². The lowest BCUT2D eigenvalue weighted by molar-refractivity contribution is -0.137. The number of hydrogen-bond donors (Lipinski definition) is 0. The van der Waals surface area contributed by atoms with Gasteiger partial charge in [-0.1, -0.05) is 20.8 Å². The third kappa shape index (κ3) is 3.31. The van der Waals surface area contributed by atoms with E-state index >= 15 is 0 Å². The SMILES string of the molecule is CC(C)(C)[Si](C)(C)OC[C@@H]1COC(=O)C1. The van der Waals surface area contributed by atoms with Crippen molar-refractivity contribution in [3.8, 4) is 0 Å². The smallest absolute Gasteiger partial charge is 0.306 e. The molecule has 1 saturated heterocycles. The summed E-state index contributed by atoms with van der Waals surface area (Å²) in [5, 5.41) is 0.233. The fraction of sp³-hybridized carbons (Fsp3) is 0.909. The summed E-state index contributed by atoms with van der Waals surface area (Å²) in [7, 11) is -1.66. The van der Waals surface area contributed by atoms with Gasteiger partial charge in [0, 0.05) is 12.5 Å². The molecule has 0 unspecified atom stereocenters. The van der Waals surface area contributed by atoms with Crippen LogP contribution >= 0.6 is 0 Å². The Kier molecular flexibility index (Phi) is 3.61. The lowest BCUT2D eigenvalue weighted by atomic mass is 10.1. The van der Waals surface area contributed by atoms with Crippen LogP contribution in [0.5, 0.6) is 0 Å². The molecule has 0 aromatic carbocycles. The lowest BCUT2D eigenvalue weighted by Crippen LogP contribution is -2.42. The fourth-order valence-electron chi connectivity index (χ4n) is 1.21. The molecule has 1 rings (SSSR count). The minimum atomic E-state index is -1.66. The maximum Gasteiger partial charge on any atom is 0.306 e. The molecule has 1 heterocycles. The minimum absolute atomic E-state index is 0.0844. The van der Waals surface area contributed by atoms with Gasteiger partial charge in [-0.25, -0.2) is 0 Å². The molecule has 1 fully saturated rings. The Bertz CT molecular complexity index is 243. The molecule has 0 aromatic rings. The third-order valence-electron chi connectivity index (χ3n) is 3.42. The molecule has 0 radical (unpaired) electrons. The Morgan fingerprint density at radius 3 is 2.47 bits per heavy atom. The average molecular weight is 230 g/mol. The summed E-state index contributed by atoms with van der Waals surface area (Å²) in [6.07, 6.45) is 0.522. The molecule has 0 aromatic heterocycles. The first kappa shape index (κ1) is 12.7. The summed E-state index contributed by atoms with van der Waals surface area (Å²) in [5.74, 6) is 0.186. The highest BCUT2D eigenvalue weighted by atomic mass is 28.4. The minimum Gasteiger partial charge on any atom is -0.465 e. The molecule has 4 heteroatoms. The standard InChI is InChI=1S/C11H22O3Si/c1-11(2,3)15(4,5)14-8-9-6-10(12)13-7-9/h9H,6-8H2,1-5H3/t9-/m0/s1. The Morgan fingerprint density at radius 1 is 1.47 bits per heavy atom. The van der Waals surface area contributed by atoms with Crippen LogP contribution in [0, 0.1) is 5.92 Å². The van der Waals surface area contributed by atoms with Crippen LogP contribution in [0.3, 0.4) is 0 Å². The third-order valence-corrected chi connectivity index (χ3v) is 7.92. The van der Waals surface area contributed by atoms with E-state index in [0.29, 0.717) is 19.6 Å². The van der Waals surface area contributed by atoms with E-state index in [1.807, 2.05) is 0 Å². The first-order chi connectivity index (χ1) is 6.72. The summed E-state index contributed by atoms with van der Waals surface area (Å²) in [4.78, 5) is 10.9. The second-order valence-electron chi connectivity index (χ2n) is 5.82. The molecule has 0 aliphatic carbocycles. The molecule has 0 spiro atoms. The van der Waals surface area contributed by atoms with Crippen molar-refractivity contribution in [2.24, 2.45) is 5.92 Å². The Balaban J connectivity index is 2.40. The number of rotatable bonds is 3. The molecule has 88 valence electrons. The summed E-state index contributed by atoms with van der Waals surface area (Å²) >= 11 is 0. The second kappa shape index (κ2) is 4.26. The van der Waals surface area contributed by atoms with E-state index < -0.39 is 8.32 Å². The van der Waals surface area contributed by atoms with Crippen molar-refractivity contribution in [2.75, 3.05) is 13.2 Å². The molecule has 0 saturated carbocycles. The number of hydrogen-bond acceptors (Lipinski definition) is 3. The first-order valence-corrected chi connectivity index (χ1v) is 8.43. The van der Waals surface area contributed by atoms with E-state index in [1.165, 1.54) is 0 Å². The van der Waals surface area contributed by atoms with Crippen molar-refractivity contribution in [1.29, 1.82) is 0 Å². The summed E-state index contributed by atoms with van der Waals surface area (Å²) in [6, 6.07) is 0. The van der Waals surface area contributed by atoms with Gasteiger partial charge in [0.25, 0.3) is 0 Å². The van der Waals surface area contributed by atoms with Crippen LogP contribution in [0.1, 0.15) is 27.2 Å². The van der Waals surface area contributed by atoms with Gasteiger partial charge in [0.2, 0.25) is 0 Å². The van der Waals surface area contributed by atoms with Crippen molar-refractivity contribution in [3.05, 3.63) is 0 Å². The Labute approximate surface area is 93.3 Å². The number of carbonyl (C=O) groups excluding carboxylic acids is 1. The van der Waals surface area contributed by atoms with Gasteiger partial charge in [-0.15, -0.1) is 0 Å². The maximum absolute atomic E-state index is 10.9. The quantitative estimate of drug-likeness (QED) is 0.552. The molecule has 0 amide bonds. The number of cyclic esters (lactones) is 1. The molecule has 0 N–H and O–H groups in total. The molecule has 1 aliphatic rings. The highest BCUT2D eigenvalue weighted by Gasteiger charge is 2.38. The highest BCUT2D eigenvalue weighted by molar-refractivity contribution is 6.74. The van der Waals surface area contributed by atoms with Crippen LogP contribution in [0.4, 0.5) is 0 Å². The second-order valence-corrected chi connectivity index (χ2v) is 10.6. The van der Waals surface area contributed by atoms with Gasteiger partial charge in [-0.3, -0.25) is 4.79 Å². The van der Waals surface area contributed by atoms with Crippen LogP contribution in [-0.4, -0.2) is 27.5 Å². The highest BCUT2D eigenvalue weighted by Crippen LogP contribution is 2.37. The van der Waals surface area contributed by atoms with Crippen molar-refractivity contribution < 1.29 is 14.0 Å². The van der Waals surface area contributed by atoms with Crippen LogP contribution in [0.15, 0.2) is 0 Å². The van der Waals surface area contributed by atoms with Gasteiger partial charge >= 0.3 is 5.97 Å². The molecule has 1 aliphatic heterocycles. The van der Waals surface area contributed by atoms with E-state index in [4.69, 9.17) is 9.16 Å². The zero-order valence-electron chi connectivity index (χ0n) is 10.4. The first-order valence-electron chi connectivity index (χ1n) is 5.52. The fourth-order valence-corrected chi connectivity index (χ4v) is 2.30. The zero-order chi connectivity index (χ0) is 11.7. The van der Waals surface area contributed by atoms with Crippen molar-refractivity contribution in [1.82, 2.24) is 0 Å². The predicted octanol–water partition coefficient (Wildman–Crippen LogP) is 2.57. The Morgan fingerprint density at radius 2 is 2.07 bits per heavy atom. The van der Waals surface area contributed by atoms with Crippen LogP contribution in [0.2, 0.25) is 18.1 Å². The van der Waals surface area contributed by atoms with Gasteiger partial charge in [0.15, 0.2) is 8.32 Å². The number of carbonyl (C=O) groups is 1. The van der Waals surface area contributed by atoms with E-state index in [1.54, 1.807) is 0 Å². The summed E-state index contributed by atoms with van der Waals surface area (Å²) in [5.41, 5.74) is 0. The molecule has 3 nitrogen and oxygen atoms in total. The normalized spacial score (nSPS) is 23.0. The Hall–Kier alpha value is -0.353. The van der Waals surface area contributed by atoms with E-state index in [0.717, 1.165) is 0 Å². The van der Waals surface area contributed by atoms with Crippen molar-refractivity contribution >= 4 is 14.3 Å². The summed E-state index contributed by atoms with van der Waals surface area (Å²) < 4.78 is 10.9. The van der Waals surface area contributed by atoms with Crippen LogP contribution in [0.25, 0.3) is 0 Å². The zero-order valence-corrected chi connectivity index (χ0v) is 11.4. The molecule has 1 atom stereocenters. The van der Waals surface area contributed by atoms with Crippen molar-refractivity contribution in [2.45, 2.75) is 45.3 Å². The average Bonchev–Trinajstić information content (AvgIpc) is 2.46. The number of ether oxygens (including phenoxy) is 1. The van der Waals surface area contributed by atoms with E-state index in [-0.39, 0.29) is 16.9 Å². The lowest BCUT2D eigenvalue weighted by Gasteiger charge is -2.36. The number of esters is 1. The molecular weight excluding hydrogens is 208 g/mol. The maximum atomic E-state index is 10.9. The predicted molar refractivity (Wildman–Crippen MR) is 62.2 cm³/mol. The summed E-state index contributed by atoms with van der Waals surface area (Å²) in [6.45, 7) is 12.3. The molecular formula is C11H22O3Si. The molecule has 0 bridgehead atoms. The van der Waals surface area contributed by atoms with Crippen molar-refractivity contribution in [3.63, 3.8) is 0 Å². The van der Waals surface area contributed by atoms with Crippen LogP contribution < -0.4 is 0 Å². The van der Waals surface area contributed by atoms with Gasteiger partial charge in [0.05, 0.1) is 13.0 Å². The van der Waals surface area contributed by atoms with E-state index in [9.17, 15) is 4.79 Å².